The van der Waals surface area contributed by atoms with Crippen LogP contribution in [0.2, 0.25) is 0 Å². The number of nitrogens with one attached hydrogen (secondary N) is 1. The van der Waals surface area contributed by atoms with E-state index >= 15 is 0 Å². The summed E-state index contributed by atoms with van der Waals surface area (Å²) in [5, 5.41) is 13.7. The zero-order valence-electron chi connectivity index (χ0n) is 11.4. The second-order valence-electron chi connectivity index (χ2n) is 5.34. The van der Waals surface area contributed by atoms with E-state index in [0.717, 1.165) is 16.4 Å². The number of amides is 1. The minimum absolute atomic E-state index is 0.152. The molecule has 21 heavy (non-hydrogen) atoms. The van der Waals surface area contributed by atoms with Crippen molar-refractivity contribution in [1.82, 2.24) is 5.32 Å². The number of hydrogen-bond acceptors (Lipinski definition) is 3. The van der Waals surface area contributed by atoms with Crippen molar-refractivity contribution in [3.63, 3.8) is 0 Å². The Bertz CT molecular complexity index is 637. The van der Waals surface area contributed by atoms with Crippen LogP contribution in [0.5, 0.6) is 0 Å². The van der Waals surface area contributed by atoms with E-state index in [4.69, 9.17) is 4.42 Å². The summed E-state index contributed by atoms with van der Waals surface area (Å²) in [4.78, 5) is 12.3. The lowest BCUT2D eigenvalue weighted by Gasteiger charge is -2.26. The van der Waals surface area contributed by atoms with Crippen LogP contribution in [-0.4, -0.2) is 17.6 Å². The van der Waals surface area contributed by atoms with Crippen LogP contribution >= 0.6 is 22.6 Å². The van der Waals surface area contributed by atoms with Crippen molar-refractivity contribution in [2.45, 2.75) is 18.4 Å². The van der Waals surface area contributed by atoms with Crippen LogP contribution in [0.4, 0.5) is 0 Å². The third kappa shape index (κ3) is 2.98. The lowest BCUT2D eigenvalue weighted by Crippen LogP contribution is -2.42. The van der Waals surface area contributed by atoms with Gasteiger partial charge in [0.15, 0.2) is 0 Å². The van der Waals surface area contributed by atoms with E-state index in [2.05, 4.69) is 27.9 Å². The summed E-state index contributed by atoms with van der Waals surface area (Å²) in [6, 6.07) is 10.9. The van der Waals surface area contributed by atoms with Gasteiger partial charge in [0, 0.05) is 3.57 Å². The predicted molar refractivity (Wildman–Crippen MR) is 86.8 cm³/mol. The number of furan rings is 1. The van der Waals surface area contributed by atoms with E-state index in [1.165, 1.54) is 0 Å². The third-order valence-electron chi connectivity index (χ3n) is 3.84. The molecule has 1 heterocycles. The molecule has 1 aromatic heterocycles. The Morgan fingerprint density at radius 1 is 1.33 bits per heavy atom. The molecule has 0 radical (unpaired) electrons. The Morgan fingerprint density at radius 2 is 2.10 bits per heavy atom. The van der Waals surface area contributed by atoms with Gasteiger partial charge in [-0.1, -0.05) is 12.1 Å². The lowest BCUT2D eigenvalue weighted by atomic mass is 9.94. The molecular formula is C16H16INO3. The van der Waals surface area contributed by atoms with Crippen LogP contribution in [0.15, 0.2) is 47.1 Å². The lowest BCUT2D eigenvalue weighted by molar-refractivity contribution is -0.00611. The molecule has 1 aliphatic carbocycles. The molecule has 2 N–H and O–H groups in total. The van der Waals surface area contributed by atoms with Gasteiger partial charge in [-0.15, -0.1) is 0 Å². The second-order valence-corrected chi connectivity index (χ2v) is 6.50. The van der Waals surface area contributed by atoms with Crippen molar-refractivity contribution in [2.75, 3.05) is 6.54 Å². The van der Waals surface area contributed by atoms with Crippen LogP contribution in [0, 0.1) is 9.49 Å². The van der Waals surface area contributed by atoms with Gasteiger partial charge in [0.2, 0.25) is 0 Å². The SMILES string of the molecule is O=C(NCC(O)(c1ccco1)C1CC1)c1ccccc1I. The number of halogens is 1. The van der Waals surface area contributed by atoms with Crippen molar-refractivity contribution in [2.24, 2.45) is 5.92 Å². The minimum Gasteiger partial charge on any atom is -0.466 e. The first-order valence-corrected chi connectivity index (χ1v) is 7.98. The number of rotatable bonds is 5. The first-order valence-electron chi connectivity index (χ1n) is 6.90. The van der Waals surface area contributed by atoms with Gasteiger partial charge in [-0.2, -0.15) is 0 Å². The summed E-state index contributed by atoms with van der Waals surface area (Å²) in [7, 11) is 0. The topological polar surface area (TPSA) is 62.5 Å². The molecule has 1 unspecified atom stereocenters. The Balaban J connectivity index is 1.74. The molecule has 4 nitrogen and oxygen atoms in total. The monoisotopic (exact) mass is 397 g/mol. The van der Waals surface area contributed by atoms with Crippen LogP contribution in [0.25, 0.3) is 0 Å². The van der Waals surface area contributed by atoms with E-state index in [1.807, 2.05) is 18.2 Å². The molecule has 2 aromatic rings. The molecule has 3 rings (SSSR count). The zero-order chi connectivity index (χ0) is 14.9. The number of aliphatic hydroxyl groups is 1. The molecular weight excluding hydrogens is 381 g/mol. The van der Waals surface area contributed by atoms with Gasteiger partial charge >= 0.3 is 0 Å². The number of hydrogen-bond donors (Lipinski definition) is 2. The van der Waals surface area contributed by atoms with Crippen LogP contribution < -0.4 is 5.32 Å². The van der Waals surface area contributed by atoms with Crippen molar-refractivity contribution in [3.8, 4) is 0 Å². The average molecular weight is 397 g/mol. The van der Waals surface area contributed by atoms with Crippen LogP contribution in [0.1, 0.15) is 29.0 Å². The first kappa shape index (κ1) is 14.6. The molecule has 1 saturated carbocycles. The molecule has 0 saturated heterocycles. The standard InChI is InChI=1S/C16H16INO3/c17-13-5-2-1-4-12(13)15(19)18-10-16(20,11-7-8-11)14-6-3-9-21-14/h1-6,9,11,20H,7-8,10H2,(H,18,19). The Labute approximate surface area is 136 Å². The van der Waals surface area contributed by atoms with E-state index in [0.29, 0.717) is 11.3 Å². The second kappa shape index (κ2) is 5.81. The highest BCUT2D eigenvalue weighted by atomic mass is 127. The van der Waals surface area contributed by atoms with Gasteiger partial charge in [-0.05, 0) is 65.6 Å². The highest BCUT2D eigenvalue weighted by Crippen LogP contribution is 2.45. The zero-order valence-corrected chi connectivity index (χ0v) is 13.5. The molecule has 1 aromatic carbocycles. The normalized spacial score (nSPS) is 17.2. The predicted octanol–water partition coefficient (Wildman–Crippen LogP) is 2.91. The maximum absolute atomic E-state index is 12.3. The maximum atomic E-state index is 12.3. The molecule has 0 spiro atoms. The number of benzene rings is 1. The molecule has 0 bridgehead atoms. The summed E-state index contributed by atoms with van der Waals surface area (Å²) >= 11 is 2.13. The molecule has 5 heteroatoms. The summed E-state index contributed by atoms with van der Waals surface area (Å²) in [6.45, 7) is 0.162. The smallest absolute Gasteiger partial charge is 0.252 e. The fourth-order valence-corrected chi connectivity index (χ4v) is 3.11. The summed E-state index contributed by atoms with van der Waals surface area (Å²) in [6.07, 6.45) is 3.45. The minimum atomic E-state index is -1.11. The van der Waals surface area contributed by atoms with Crippen molar-refractivity contribution in [3.05, 3.63) is 57.6 Å². The summed E-state index contributed by atoms with van der Waals surface area (Å²) in [5.74, 6) is 0.498. The molecule has 1 amide bonds. The molecule has 1 aliphatic rings. The maximum Gasteiger partial charge on any atom is 0.252 e. The molecule has 1 atom stereocenters. The van der Waals surface area contributed by atoms with Crippen molar-refractivity contribution in [1.29, 1.82) is 0 Å². The van der Waals surface area contributed by atoms with Gasteiger partial charge in [0.25, 0.3) is 5.91 Å². The van der Waals surface area contributed by atoms with Gasteiger partial charge < -0.3 is 14.8 Å². The van der Waals surface area contributed by atoms with E-state index < -0.39 is 5.60 Å². The summed E-state index contributed by atoms with van der Waals surface area (Å²) in [5.41, 5.74) is -0.491. The Hall–Kier alpha value is -1.34. The van der Waals surface area contributed by atoms with Gasteiger partial charge in [0.1, 0.15) is 11.4 Å². The fraction of sp³-hybridized carbons (Fsp3) is 0.312. The highest BCUT2D eigenvalue weighted by Gasteiger charge is 2.47. The molecule has 0 aliphatic heterocycles. The van der Waals surface area contributed by atoms with Crippen LogP contribution in [-0.2, 0) is 5.60 Å². The number of carbonyl (C=O) groups is 1. The van der Waals surface area contributed by atoms with E-state index in [-0.39, 0.29) is 18.4 Å². The van der Waals surface area contributed by atoms with Gasteiger partial charge in [-0.3, -0.25) is 4.79 Å². The fourth-order valence-electron chi connectivity index (χ4n) is 2.47. The largest absolute Gasteiger partial charge is 0.466 e. The molecule has 1 fully saturated rings. The Kier molecular flexibility index (Phi) is 4.03. The number of carbonyl (C=O) groups excluding carboxylic acids is 1. The average Bonchev–Trinajstić information content (AvgIpc) is 3.20. The van der Waals surface area contributed by atoms with Gasteiger partial charge in [-0.25, -0.2) is 0 Å². The highest BCUT2D eigenvalue weighted by molar-refractivity contribution is 14.1. The van der Waals surface area contributed by atoms with Gasteiger partial charge in [0.05, 0.1) is 18.4 Å². The Morgan fingerprint density at radius 3 is 2.71 bits per heavy atom. The third-order valence-corrected chi connectivity index (χ3v) is 4.78. The van der Waals surface area contributed by atoms with E-state index in [1.54, 1.807) is 24.5 Å². The first-order chi connectivity index (χ1) is 10.1. The molecule has 110 valence electrons. The van der Waals surface area contributed by atoms with Crippen molar-refractivity contribution >= 4 is 28.5 Å². The van der Waals surface area contributed by atoms with Crippen molar-refractivity contribution < 1.29 is 14.3 Å². The quantitative estimate of drug-likeness (QED) is 0.763. The summed E-state index contributed by atoms with van der Waals surface area (Å²) < 4.78 is 6.25. The van der Waals surface area contributed by atoms with Crippen LogP contribution in [0.3, 0.4) is 0 Å². The van der Waals surface area contributed by atoms with E-state index in [9.17, 15) is 9.90 Å².